The molecule has 0 spiro atoms. The fourth-order valence-electron chi connectivity index (χ4n) is 3.39. The van der Waals surface area contributed by atoms with E-state index in [1.165, 1.54) is 5.56 Å². The van der Waals surface area contributed by atoms with Crippen LogP contribution < -0.4 is 10.5 Å². The van der Waals surface area contributed by atoms with Gasteiger partial charge in [-0.3, -0.25) is 4.79 Å². The van der Waals surface area contributed by atoms with Crippen molar-refractivity contribution in [1.82, 2.24) is 9.97 Å². The first-order valence-corrected chi connectivity index (χ1v) is 10.3. The fraction of sp³-hybridized carbons (Fsp3) is 0.120. The van der Waals surface area contributed by atoms with Gasteiger partial charge in [-0.2, -0.15) is 0 Å². The SMILES string of the molecule is CCN(Cc1ccccc1)c1ccc(/C=C(\Cl)c2nc3ccccc3c(=O)[nH]2)cc1. The van der Waals surface area contributed by atoms with Crippen molar-refractivity contribution >= 4 is 39.3 Å². The van der Waals surface area contributed by atoms with Gasteiger partial charge >= 0.3 is 0 Å². The third kappa shape index (κ3) is 4.44. The van der Waals surface area contributed by atoms with Crippen molar-refractivity contribution in [2.45, 2.75) is 13.5 Å². The third-order valence-electron chi connectivity index (χ3n) is 4.99. The van der Waals surface area contributed by atoms with E-state index < -0.39 is 0 Å². The standard InChI is InChI=1S/C25H22ClN3O/c1-2-29(17-19-8-4-3-5-9-19)20-14-12-18(13-15-20)16-22(26)24-27-23-11-7-6-10-21(23)25(30)28-24/h3-16H,2,17H2,1H3,(H,27,28,30)/b22-16-. The summed E-state index contributed by atoms with van der Waals surface area (Å²) in [5.41, 5.74) is 3.79. The van der Waals surface area contributed by atoms with Gasteiger partial charge in [-0.15, -0.1) is 0 Å². The summed E-state index contributed by atoms with van der Waals surface area (Å²) in [6.45, 7) is 3.91. The van der Waals surface area contributed by atoms with Crippen molar-refractivity contribution in [2.75, 3.05) is 11.4 Å². The van der Waals surface area contributed by atoms with E-state index in [1.807, 2.05) is 36.4 Å². The first-order valence-electron chi connectivity index (χ1n) is 9.89. The number of halogens is 1. The Morgan fingerprint density at radius 1 is 1.00 bits per heavy atom. The average molecular weight is 416 g/mol. The zero-order valence-electron chi connectivity index (χ0n) is 16.7. The molecule has 0 saturated heterocycles. The highest BCUT2D eigenvalue weighted by Crippen LogP contribution is 2.23. The first-order chi connectivity index (χ1) is 14.6. The predicted molar refractivity (Wildman–Crippen MR) is 126 cm³/mol. The summed E-state index contributed by atoms with van der Waals surface area (Å²) in [5, 5.41) is 0.940. The van der Waals surface area contributed by atoms with Crippen LogP contribution in [0.25, 0.3) is 22.0 Å². The molecule has 0 aliphatic carbocycles. The molecule has 5 heteroatoms. The molecule has 1 N–H and O–H groups in total. The second-order valence-electron chi connectivity index (χ2n) is 7.02. The minimum absolute atomic E-state index is 0.197. The molecule has 3 aromatic carbocycles. The minimum atomic E-state index is -0.197. The second kappa shape index (κ2) is 8.97. The summed E-state index contributed by atoms with van der Waals surface area (Å²) < 4.78 is 0. The molecule has 4 aromatic rings. The molecule has 0 bridgehead atoms. The number of aromatic nitrogens is 2. The lowest BCUT2D eigenvalue weighted by atomic mass is 10.1. The Morgan fingerprint density at radius 3 is 2.43 bits per heavy atom. The number of hydrogen-bond acceptors (Lipinski definition) is 3. The highest BCUT2D eigenvalue weighted by atomic mass is 35.5. The van der Waals surface area contributed by atoms with Crippen LogP contribution in [0, 0.1) is 0 Å². The zero-order chi connectivity index (χ0) is 20.9. The molecule has 0 aliphatic heterocycles. The Bertz CT molecular complexity index is 1230. The Hall–Kier alpha value is -3.37. The summed E-state index contributed by atoms with van der Waals surface area (Å²) in [4.78, 5) is 21.8. The van der Waals surface area contributed by atoms with Crippen LogP contribution in [-0.4, -0.2) is 16.5 Å². The summed E-state index contributed by atoms with van der Waals surface area (Å²) in [6.07, 6.45) is 1.81. The quantitative estimate of drug-likeness (QED) is 0.440. The number of anilines is 1. The van der Waals surface area contributed by atoms with Crippen LogP contribution >= 0.6 is 11.6 Å². The molecular formula is C25H22ClN3O. The number of H-pyrrole nitrogens is 1. The maximum atomic E-state index is 12.3. The lowest BCUT2D eigenvalue weighted by Crippen LogP contribution is -2.21. The van der Waals surface area contributed by atoms with Crippen LogP contribution in [0.5, 0.6) is 0 Å². The molecule has 4 nitrogen and oxygen atoms in total. The van der Waals surface area contributed by atoms with Crippen LogP contribution in [0.4, 0.5) is 5.69 Å². The van der Waals surface area contributed by atoms with E-state index in [-0.39, 0.29) is 5.56 Å². The molecular weight excluding hydrogens is 394 g/mol. The predicted octanol–water partition coefficient (Wildman–Crippen LogP) is 5.69. The maximum Gasteiger partial charge on any atom is 0.259 e. The van der Waals surface area contributed by atoms with Crippen molar-refractivity contribution in [3.8, 4) is 0 Å². The van der Waals surface area contributed by atoms with Crippen LogP contribution in [0.3, 0.4) is 0 Å². The van der Waals surface area contributed by atoms with E-state index in [4.69, 9.17) is 11.6 Å². The monoisotopic (exact) mass is 415 g/mol. The van der Waals surface area contributed by atoms with Gasteiger partial charge in [-0.25, -0.2) is 4.98 Å². The van der Waals surface area contributed by atoms with E-state index in [1.54, 1.807) is 12.1 Å². The van der Waals surface area contributed by atoms with Gasteiger partial charge in [0.25, 0.3) is 5.56 Å². The number of nitrogens with zero attached hydrogens (tertiary/aromatic N) is 2. The molecule has 4 rings (SSSR count). The Labute approximate surface area is 180 Å². The van der Waals surface area contributed by atoms with Crippen LogP contribution in [-0.2, 0) is 6.54 Å². The van der Waals surface area contributed by atoms with Gasteiger partial charge in [0.1, 0.15) is 0 Å². The maximum absolute atomic E-state index is 12.3. The lowest BCUT2D eigenvalue weighted by Gasteiger charge is -2.23. The zero-order valence-corrected chi connectivity index (χ0v) is 17.4. The van der Waals surface area contributed by atoms with Crippen molar-refractivity contribution < 1.29 is 0 Å². The summed E-state index contributed by atoms with van der Waals surface area (Å²) in [5.74, 6) is 0.365. The Kier molecular flexibility index (Phi) is 5.96. The summed E-state index contributed by atoms with van der Waals surface area (Å²) >= 11 is 6.47. The second-order valence-corrected chi connectivity index (χ2v) is 7.42. The van der Waals surface area contributed by atoms with Crippen molar-refractivity contribution in [2.24, 2.45) is 0 Å². The van der Waals surface area contributed by atoms with Gasteiger partial charge < -0.3 is 9.88 Å². The van der Waals surface area contributed by atoms with Gasteiger partial charge in [-0.05, 0) is 48.4 Å². The van der Waals surface area contributed by atoms with E-state index in [9.17, 15) is 4.79 Å². The molecule has 1 aromatic heterocycles. The Morgan fingerprint density at radius 2 is 1.70 bits per heavy atom. The highest BCUT2D eigenvalue weighted by Gasteiger charge is 2.08. The van der Waals surface area contributed by atoms with Crippen molar-refractivity contribution in [3.05, 3.63) is 106 Å². The van der Waals surface area contributed by atoms with E-state index in [0.717, 1.165) is 24.3 Å². The molecule has 30 heavy (non-hydrogen) atoms. The number of rotatable bonds is 6. The van der Waals surface area contributed by atoms with E-state index >= 15 is 0 Å². The number of nitrogens with one attached hydrogen (secondary N) is 1. The van der Waals surface area contributed by atoms with Gasteiger partial charge in [-0.1, -0.05) is 66.2 Å². The lowest BCUT2D eigenvalue weighted by molar-refractivity contribution is 0.832. The molecule has 0 aliphatic rings. The first kappa shape index (κ1) is 19.9. The third-order valence-corrected chi connectivity index (χ3v) is 5.28. The molecule has 150 valence electrons. The number of para-hydroxylation sites is 1. The van der Waals surface area contributed by atoms with E-state index in [2.05, 4.69) is 58.2 Å². The molecule has 0 saturated carbocycles. The van der Waals surface area contributed by atoms with Crippen LogP contribution in [0.2, 0.25) is 0 Å². The Balaban J connectivity index is 1.56. The molecule has 0 unspecified atom stereocenters. The number of benzene rings is 3. The highest BCUT2D eigenvalue weighted by molar-refractivity contribution is 6.50. The average Bonchev–Trinajstić information content (AvgIpc) is 2.79. The molecule has 1 heterocycles. The number of aromatic amines is 1. The summed E-state index contributed by atoms with van der Waals surface area (Å²) in [7, 11) is 0. The number of hydrogen-bond donors (Lipinski definition) is 1. The number of fused-ring (bicyclic) bond motifs is 1. The van der Waals surface area contributed by atoms with Gasteiger partial charge in [0.05, 0.1) is 15.9 Å². The van der Waals surface area contributed by atoms with Crippen molar-refractivity contribution in [3.63, 3.8) is 0 Å². The van der Waals surface area contributed by atoms with Crippen molar-refractivity contribution in [1.29, 1.82) is 0 Å². The summed E-state index contributed by atoms with van der Waals surface area (Å²) in [6, 6.07) is 25.8. The molecule has 0 atom stereocenters. The van der Waals surface area contributed by atoms with Gasteiger partial charge in [0.15, 0.2) is 5.82 Å². The van der Waals surface area contributed by atoms with Crippen LogP contribution in [0.1, 0.15) is 23.9 Å². The normalized spacial score (nSPS) is 11.6. The molecule has 0 fully saturated rings. The van der Waals surface area contributed by atoms with E-state index in [0.29, 0.717) is 21.8 Å². The molecule has 0 amide bonds. The molecule has 0 radical (unpaired) electrons. The van der Waals surface area contributed by atoms with Gasteiger partial charge in [0, 0.05) is 18.8 Å². The smallest absolute Gasteiger partial charge is 0.259 e. The van der Waals surface area contributed by atoms with Crippen LogP contribution in [0.15, 0.2) is 83.7 Å². The largest absolute Gasteiger partial charge is 0.367 e. The van der Waals surface area contributed by atoms with Gasteiger partial charge in [0.2, 0.25) is 0 Å². The minimum Gasteiger partial charge on any atom is -0.367 e. The topological polar surface area (TPSA) is 49.0 Å². The fourth-order valence-corrected chi connectivity index (χ4v) is 3.60.